The van der Waals surface area contributed by atoms with Crippen molar-refractivity contribution in [2.45, 2.75) is 18.9 Å². The summed E-state index contributed by atoms with van der Waals surface area (Å²) < 4.78 is 13.7. The molecule has 0 spiro atoms. The molecule has 0 amide bonds. The first-order chi connectivity index (χ1) is 8.20. The normalized spacial score (nSPS) is 16.7. The number of anilines is 1. The van der Waals surface area contributed by atoms with E-state index in [9.17, 15) is 9.18 Å². The van der Waals surface area contributed by atoms with Crippen LogP contribution in [0, 0.1) is 5.82 Å². The second-order valence-electron chi connectivity index (χ2n) is 4.03. The molecule has 0 bridgehead atoms. The molecule has 5 heteroatoms. The quantitative estimate of drug-likeness (QED) is 0.601. The number of aliphatic imine (C=N–C) groups is 1. The molecule has 1 fully saturated rings. The van der Waals surface area contributed by atoms with E-state index >= 15 is 0 Å². The summed E-state index contributed by atoms with van der Waals surface area (Å²) in [6.45, 7) is 1.38. The molecular weight excluding hydrogens is 243 g/mol. The van der Waals surface area contributed by atoms with E-state index in [1.54, 1.807) is 18.2 Å². The number of benzene rings is 1. The summed E-state index contributed by atoms with van der Waals surface area (Å²) in [5.41, 5.74) is 0.558. The zero-order valence-electron chi connectivity index (χ0n) is 9.20. The first kappa shape index (κ1) is 12.1. The van der Waals surface area contributed by atoms with Gasteiger partial charge in [0, 0.05) is 18.1 Å². The molecule has 2 rings (SSSR count). The first-order valence-electron chi connectivity index (χ1n) is 5.47. The number of nitrogens with zero attached hydrogens (tertiary/aromatic N) is 2. The largest absolute Gasteiger partial charge is 0.369 e. The van der Waals surface area contributed by atoms with Crippen molar-refractivity contribution in [1.82, 2.24) is 0 Å². The van der Waals surface area contributed by atoms with Gasteiger partial charge in [0.05, 0.1) is 11.7 Å². The Morgan fingerprint density at radius 1 is 1.41 bits per heavy atom. The SMILES string of the molecule is O=C=NC1CCN(c2ccc(Cl)cc2F)CC1. The van der Waals surface area contributed by atoms with Crippen molar-refractivity contribution in [2.24, 2.45) is 4.99 Å². The van der Waals surface area contributed by atoms with Crippen LogP contribution in [0.1, 0.15) is 12.8 Å². The van der Waals surface area contributed by atoms with Crippen LogP contribution in [0.5, 0.6) is 0 Å². The van der Waals surface area contributed by atoms with E-state index in [0.29, 0.717) is 23.8 Å². The highest BCUT2D eigenvalue weighted by Gasteiger charge is 2.20. The Balaban J connectivity index is 2.07. The predicted molar refractivity (Wildman–Crippen MR) is 64.8 cm³/mol. The van der Waals surface area contributed by atoms with Gasteiger partial charge in [0.2, 0.25) is 6.08 Å². The van der Waals surface area contributed by atoms with E-state index in [-0.39, 0.29) is 11.9 Å². The van der Waals surface area contributed by atoms with E-state index in [2.05, 4.69) is 4.99 Å². The summed E-state index contributed by atoms with van der Waals surface area (Å²) in [6, 6.07) is 4.70. The zero-order chi connectivity index (χ0) is 12.3. The highest BCUT2D eigenvalue weighted by molar-refractivity contribution is 6.30. The Labute approximate surface area is 104 Å². The molecule has 0 N–H and O–H groups in total. The fraction of sp³-hybridized carbons (Fsp3) is 0.417. The molecule has 1 saturated heterocycles. The molecule has 1 aliphatic rings. The Hall–Kier alpha value is -1.38. The second-order valence-corrected chi connectivity index (χ2v) is 4.47. The Morgan fingerprint density at radius 3 is 2.71 bits per heavy atom. The van der Waals surface area contributed by atoms with Crippen LogP contribution in [0.2, 0.25) is 5.02 Å². The van der Waals surface area contributed by atoms with Crippen molar-refractivity contribution in [1.29, 1.82) is 0 Å². The van der Waals surface area contributed by atoms with Gasteiger partial charge in [-0.25, -0.2) is 14.2 Å². The highest BCUT2D eigenvalue weighted by Crippen LogP contribution is 2.26. The molecule has 17 heavy (non-hydrogen) atoms. The molecule has 1 heterocycles. The number of halogens is 2. The third-order valence-electron chi connectivity index (χ3n) is 2.95. The lowest BCUT2D eigenvalue weighted by molar-refractivity contribution is 0.487. The van der Waals surface area contributed by atoms with Crippen LogP contribution >= 0.6 is 11.6 Å². The van der Waals surface area contributed by atoms with Gasteiger partial charge in [0.15, 0.2) is 0 Å². The lowest BCUT2D eigenvalue weighted by atomic mass is 10.1. The minimum absolute atomic E-state index is 0.0270. The molecule has 1 aromatic carbocycles. The highest BCUT2D eigenvalue weighted by atomic mass is 35.5. The van der Waals surface area contributed by atoms with Gasteiger partial charge in [0.25, 0.3) is 0 Å². The minimum Gasteiger partial charge on any atom is -0.369 e. The number of piperidine rings is 1. The van der Waals surface area contributed by atoms with E-state index in [1.165, 1.54) is 6.07 Å². The Morgan fingerprint density at radius 2 is 2.12 bits per heavy atom. The first-order valence-corrected chi connectivity index (χ1v) is 5.85. The second kappa shape index (κ2) is 5.30. The summed E-state index contributed by atoms with van der Waals surface area (Å²) in [7, 11) is 0. The van der Waals surface area contributed by atoms with E-state index in [0.717, 1.165) is 12.8 Å². The van der Waals surface area contributed by atoms with E-state index in [1.807, 2.05) is 4.90 Å². The summed E-state index contributed by atoms with van der Waals surface area (Å²) in [6.07, 6.45) is 3.07. The van der Waals surface area contributed by atoms with Crippen LogP contribution in [0.15, 0.2) is 23.2 Å². The van der Waals surface area contributed by atoms with Gasteiger partial charge in [-0.2, -0.15) is 0 Å². The summed E-state index contributed by atoms with van der Waals surface area (Å²) in [5.74, 6) is -0.310. The Bertz CT molecular complexity index is 452. The summed E-state index contributed by atoms with van der Waals surface area (Å²) >= 11 is 5.70. The van der Waals surface area contributed by atoms with Crippen LogP contribution in [0.4, 0.5) is 10.1 Å². The van der Waals surface area contributed by atoms with Crippen LogP contribution < -0.4 is 4.90 Å². The fourth-order valence-electron chi connectivity index (χ4n) is 2.05. The number of rotatable bonds is 2. The van der Waals surface area contributed by atoms with Crippen molar-refractivity contribution in [3.8, 4) is 0 Å². The molecule has 0 unspecified atom stereocenters. The molecule has 1 aromatic rings. The molecule has 0 atom stereocenters. The average molecular weight is 255 g/mol. The summed E-state index contributed by atoms with van der Waals surface area (Å²) in [4.78, 5) is 15.8. The van der Waals surface area contributed by atoms with Gasteiger partial charge in [-0.15, -0.1) is 0 Å². The molecule has 3 nitrogen and oxygen atoms in total. The summed E-state index contributed by atoms with van der Waals surface area (Å²) in [5, 5.41) is 0.395. The lowest BCUT2D eigenvalue weighted by Gasteiger charge is -2.31. The minimum atomic E-state index is -0.310. The Kier molecular flexibility index (Phi) is 3.77. The van der Waals surface area contributed by atoms with E-state index in [4.69, 9.17) is 11.6 Å². The van der Waals surface area contributed by atoms with Crippen molar-refractivity contribution in [3.63, 3.8) is 0 Å². The van der Waals surface area contributed by atoms with Crippen molar-refractivity contribution in [3.05, 3.63) is 29.0 Å². The topological polar surface area (TPSA) is 32.7 Å². The molecule has 0 saturated carbocycles. The lowest BCUT2D eigenvalue weighted by Crippen LogP contribution is -2.35. The van der Waals surface area contributed by atoms with E-state index < -0.39 is 0 Å². The molecule has 1 aliphatic heterocycles. The predicted octanol–water partition coefficient (Wildman–Crippen LogP) is 2.78. The van der Waals surface area contributed by atoms with Crippen LogP contribution in [0.25, 0.3) is 0 Å². The fourth-order valence-corrected chi connectivity index (χ4v) is 2.21. The number of isocyanates is 1. The maximum atomic E-state index is 13.7. The van der Waals surface area contributed by atoms with Gasteiger partial charge < -0.3 is 4.90 Å². The number of hydrogen-bond acceptors (Lipinski definition) is 3. The van der Waals surface area contributed by atoms with Gasteiger partial charge in [-0.1, -0.05) is 11.6 Å². The van der Waals surface area contributed by atoms with Crippen molar-refractivity contribution < 1.29 is 9.18 Å². The standard InChI is InChI=1S/C12H12ClFN2O/c13-9-1-2-12(11(14)7-9)16-5-3-10(4-6-16)15-8-17/h1-2,7,10H,3-6H2. The monoisotopic (exact) mass is 254 g/mol. The molecule has 0 aliphatic carbocycles. The van der Waals surface area contributed by atoms with Crippen molar-refractivity contribution >= 4 is 23.4 Å². The van der Waals surface area contributed by atoms with Crippen molar-refractivity contribution in [2.75, 3.05) is 18.0 Å². The molecule has 0 radical (unpaired) electrons. The van der Waals surface area contributed by atoms with Gasteiger partial charge in [-0.05, 0) is 31.0 Å². The zero-order valence-corrected chi connectivity index (χ0v) is 9.95. The number of hydrogen-bond donors (Lipinski definition) is 0. The molecule has 90 valence electrons. The smallest absolute Gasteiger partial charge is 0.235 e. The number of carbonyl (C=O) groups excluding carboxylic acids is 1. The van der Waals surface area contributed by atoms with Gasteiger partial charge in [-0.3, -0.25) is 0 Å². The van der Waals surface area contributed by atoms with Crippen LogP contribution in [0.3, 0.4) is 0 Å². The van der Waals surface area contributed by atoms with Crippen LogP contribution in [-0.4, -0.2) is 25.2 Å². The third-order valence-corrected chi connectivity index (χ3v) is 3.19. The maximum Gasteiger partial charge on any atom is 0.235 e. The maximum absolute atomic E-state index is 13.7. The van der Waals surface area contributed by atoms with Crippen LogP contribution in [-0.2, 0) is 4.79 Å². The third kappa shape index (κ3) is 2.84. The van der Waals surface area contributed by atoms with Gasteiger partial charge >= 0.3 is 0 Å². The molecular formula is C12H12ClFN2O. The molecule has 0 aromatic heterocycles. The van der Waals surface area contributed by atoms with Gasteiger partial charge in [0.1, 0.15) is 5.82 Å². The average Bonchev–Trinajstić information content (AvgIpc) is 2.31.